The van der Waals surface area contributed by atoms with E-state index in [4.69, 9.17) is 0 Å². The van der Waals surface area contributed by atoms with Crippen molar-refractivity contribution in [3.8, 4) is 0 Å². The molecule has 0 aromatic carbocycles. The lowest BCUT2D eigenvalue weighted by Gasteiger charge is -2.41. The highest BCUT2D eigenvalue weighted by Crippen LogP contribution is 2.30. The summed E-state index contributed by atoms with van der Waals surface area (Å²) in [5, 5.41) is 7.84. The van der Waals surface area contributed by atoms with E-state index in [1.165, 1.54) is 19.3 Å². The third kappa shape index (κ3) is 7.72. The molecular weight excluding hydrogens is 490 g/mol. The molecule has 5 nitrogen and oxygen atoms in total. The molecule has 27 heavy (non-hydrogen) atoms. The Morgan fingerprint density at radius 3 is 2.44 bits per heavy atom. The van der Waals surface area contributed by atoms with E-state index in [0.717, 1.165) is 29.8 Å². The molecule has 0 bridgehead atoms. The Labute approximate surface area is 180 Å². The minimum absolute atomic E-state index is 0. The second kappa shape index (κ2) is 10.8. The van der Waals surface area contributed by atoms with Crippen molar-refractivity contribution < 1.29 is 13.2 Å². The highest BCUT2D eigenvalue weighted by atomic mass is 127. The predicted octanol–water partition coefficient (Wildman–Crippen LogP) is 4.10. The number of thiazole rings is 1. The molecule has 2 heterocycles. The first-order chi connectivity index (χ1) is 12.2. The Balaban J connectivity index is 0.00000364. The van der Waals surface area contributed by atoms with Gasteiger partial charge in [0.15, 0.2) is 11.7 Å². The lowest BCUT2D eigenvalue weighted by molar-refractivity contribution is -0.140. The summed E-state index contributed by atoms with van der Waals surface area (Å²) in [5.41, 5.74) is -0.863. The minimum Gasteiger partial charge on any atom is -0.357 e. The standard InChI is InChI=1S/C17H28F3N5S.HI/c1-4-21-15(22-10-14-24-13(11-26-14)17(18,19)20)23-12-16(2,3)25-8-6-5-7-9-25;/h11H,4-10,12H2,1-3H3,(H2,21,22,23);1H. The van der Waals surface area contributed by atoms with Crippen molar-refractivity contribution in [3.05, 3.63) is 16.1 Å². The number of nitrogens with one attached hydrogen (secondary N) is 2. The number of aliphatic imine (C=N–C) groups is 1. The topological polar surface area (TPSA) is 52.6 Å². The number of hydrogen-bond acceptors (Lipinski definition) is 4. The number of halogens is 4. The van der Waals surface area contributed by atoms with Crippen LogP contribution in [-0.4, -0.2) is 47.6 Å². The van der Waals surface area contributed by atoms with Crippen LogP contribution in [0.25, 0.3) is 0 Å². The van der Waals surface area contributed by atoms with Gasteiger partial charge in [-0.25, -0.2) is 9.98 Å². The van der Waals surface area contributed by atoms with Gasteiger partial charge in [-0.3, -0.25) is 4.90 Å². The van der Waals surface area contributed by atoms with E-state index < -0.39 is 11.9 Å². The summed E-state index contributed by atoms with van der Waals surface area (Å²) in [5.74, 6) is 0.598. The molecule has 0 amide bonds. The van der Waals surface area contributed by atoms with Gasteiger partial charge in [-0.2, -0.15) is 13.2 Å². The summed E-state index contributed by atoms with van der Waals surface area (Å²) in [4.78, 5) is 10.5. The first kappa shape index (κ1) is 24.4. The molecule has 2 N–H and O–H groups in total. The zero-order chi connectivity index (χ0) is 19.2. The quantitative estimate of drug-likeness (QED) is 0.338. The van der Waals surface area contributed by atoms with Crippen LogP contribution < -0.4 is 10.6 Å². The van der Waals surface area contributed by atoms with Crippen LogP contribution in [0.5, 0.6) is 0 Å². The molecule has 0 aliphatic carbocycles. The number of rotatable bonds is 6. The van der Waals surface area contributed by atoms with Gasteiger partial charge in [0.2, 0.25) is 0 Å². The molecule has 0 radical (unpaired) electrons. The molecule has 0 spiro atoms. The lowest BCUT2D eigenvalue weighted by atomic mass is 9.98. The molecule has 156 valence electrons. The first-order valence-corrected chi connectivity index (χ1v) is 9.89. The van der Waals surface area contributed by atoms with Crippen LogP contribution in [-0.2, 0) is 12.7 Å². The van der Waals surface area contributed by atoms with Crippen molar-refractivity contribution >= 4 is 41.3 Å². The average Bonchev–Trinajstić information content (AvgIpc) is 3.07. The van der Waals surface area contributed by atoms with E-state index in [9.17, 15) is 13.2 Å². The molecule has 1 aromatic heterocycles. The monoisotopic (exact) mass is 519 g/mol. The molecule has 10 heteroatoms. The zero-order valence-electron chi connectivity index (χ0n) is 16.0. The van der Waals surface area contributed by atoms with Crippen LogP contribution in [0, 0.1) is 0 Å². The summed E-state index contributed by atoms with van der Waals surface area (Å²) in [6.45, 7) is 10.1. The van der Waals surface area contributed by atoms with Crippen LogP contribution in [0.4, 0.5) is 13.2 Å². The maximum absolute atomic E-state index is 12.6. The third-order valence-electron chi connectivity index (χ3n) is 4.46. The predicted molar refractivity (Wildman–Crippen MR) is 115 cm³/mol. The van der Waals surface area contributed by atoms with Crippen molar-refractivity contribution in [3.63, 3.8) is 0 Å². The fourth-order valence-electron chi connectivity index (χ4n) is 2.91. The Morgan fingerprint density at radius 1 is 1.22 bits per heavy atom. The number of nitrogens with zero attached hydrogens (tertiary/aromatic N) is 3. The van der Waals surface area contributed by atoms with Crippen LogP contribution in [0.1, 0.15) is 50.7 Å². The maximum atomic E-state index is 12.6. The summed E-state index contributed by atoms with van der Waals surface area (Å²) in [7, 11) is 0. The van der Waals surface area contributed by atoms with E-state index in [2.05, 4.69) is 39.4 Å². The van der Waals surface area contributed by atoms with E-state index in [1.54, 1.807) is 0 Å². The number of guanidine groups is 1. The highest BCUT2D eigenvalue weighted by molar-refractivity contribution is 14.0. The SMILES string of the molecule is CCNC(=NCc1nc(C(F)(F)F)cs1)NCC(C)(C)N1CCCCC1.I. The van der Waals surface area contributed by atoms with E-state index >= 15 is 0 Å². The lowest BCUT2D eigenvalue weighted by Crippen LogP contribution is -2.54. The number of piperidine rings is 1. The summed E-state index contributed by atoms with van der Waals surface area (Å²) >= 11 is 0.981. The average molecular weight is 519 g/mol. The Morgan fingerprint density at radius 2 is 1.89 bits per heavy atom. The molecule has 1 aromatic rings. The van der Waals surface area contributed by atoms with Gasteiger partial charge in [-0.05, 0) is 46.7 Å². The van der Waals surface area contributed by atoms with Crippen molar-refractivity contribution in [2.75, 3.05) is 26.2 Å². The first-order valence-electron chi connectivity index (χ1n) is 9.01. The molecule has 1 fully saturated rings. The van der Waals surface area contributed by atoms with Crippen molar-refractivity contribution in [2.45, 2.75) is 58.3 Å². The maximum Gasteiger partial charge on any atom is 0.434 e. The number of aromatic nitrogens is 1. The van der Waals surface area contributed by atoms with Crippen molar-refractivity contribution in [1.82, 2.24) is 20.5 Å². The van der Waals surface area contributed by atoms with Crippen LogP contribution in [0.2, 0.25) is 0 Å². The largest absolute Gasteiger partial charge is 0.434 e. The van der Waals surface area contributed by atoms with Crippen LogP contribution in [0.15, 0.2) is 10.4 Å². The van der Waals surface area contributed by atoms with Gasteiger partial charge in [0.25, 0.3) is 0 Å². The third-order valence-corrected chi connectivity index (χ3v) is 5.29. The van der Waals surface area contributed by atoms with E-state index in [-0.39, 0.29) is 36.1 Å². The van der Waals surface area contributed by atoms with E-state index in [0.29, 0.717) is 24.1 Å². The van der Waals surface area contributed by atoms with Gasteiger partial charge in [0.05, 0.1) is 6.54 Å². The molecule has 2 rings (SSSR count). The van der Waals surface area contributed by atoms with Crippen LogP contribution in [0.3, 0.4) is 0 Å². The number of likely N-dealkylation sites (tertiary alicyclic amines) is 1. The molecule has 1 saturated heterocycles. The van der Waals surface area contributed by atoms with E-state index in [1.807, 2.05) is 6.92 Å². The Kier molecular flexibility index (Phi) is 9.76. The fourth-order valence-corrected chi connectivity index (χ4v) is 3.64. The van der Waals surface area contributed by atoms with Gasteiger partial charge < -0.3 is 10.6 Å². The zero-order valence-corrected chi connectivity index (χ0v) is 19.2. The second-order valence-corrected chi connectivity index (χ2v) is 7.98. The molecule has 1 aliphatic heterocycles. The highest BCUT2D eigenvalue weighted by Gasteiger charge is 2.33. The Bertz CT molecular complexity index is 598. The normalized spacial score (nSPS) is 16.7. The molecular formula is C17H29F3IN5S. The summed E-state index contributed by atoms with van der Waals surface area (Å²) in [6, 6.07) is 0. The van der Waals surface area contributed by atoms with Gasteiger partial charge >= 0.3 is 6.18 Å². The van der Waals surface area contributed by atoms with Crippen molar-refractivity contribution in [1.29, 1.82) is 0 Å². The molecule has 0 unspecified atom stereocenters. The minimum atomic E-state index is -4.40. The van der Waals surface area contributed by atoms with Gasteiger partial charge in [0, 0.05) is 24.0 Å². The van der Waals surface area contributed by atoms with Gasteiger partial charge in [0.1, 0.15) is 5.01 Å². The molecule has 0 atom stereocenters. The van der Waals surface area contributed by atoms with Gasteiger partial charge in [-0.1, -0.05) is 6.42 Å². The second-order valence-electron chi connectivity index (χ2n) is 7.03. The number of alkyl halides is 3. The fraction of sp³-hybridized carbons (Fsp3) is 0.765. The summed E-state index contributed by atoms with van der Waals surface area (Å²) in [6.07, 6.45) is -0.663. The van der Waals surface area contributed by atoms with Crippen molar-refractivity contribution in [2.24, 2.45) is 4.99 Å². The number of hydrogen-bond donors (Lipinski definition) is 2. The molecule has 0 saturated carbocycles. The summed E-state index contributed by atoms with van der Waals surface area (Å²) < 4.78 is 37.9. The van der Waals surface area contributed by atoms with Crippen LogP contribution >= 0.6 is 35.3 Å². The Hall–Kier alpha value is -0.620. The van der Waals surface area contributed by atoms with Gasteiger partial charge in [-0.15, -0.1) is 35.3 Å². The molecule has 1 aliphatic rings. The smallest absolute Gasteiger partial charge is 0.357 e.